The number of thiazole rings is 1. The third kappa shape index (κ3) is 3.89. The third-order valence-electron chi connectivity index (χ3n) is 2.97. The van der Waals surface area contributed by atoms with Gasteiger partial charge in [-0.25, -0.2) is 4.98 Å². The second-order valence-corrected chi connectivity index (χ2v) is 5.26. The minimum absolute atomic E-state index is 0. The van der Waals surface area contributed by atoms with Crippen LogP contribution in [0.4, 0.5) is 5.13 Å². The first kappa shape index (κ1) is 16.6. The molecular formula is C16H15IN2O2S. The fourth-order valence-corrected chi connectivity index (χ4v) is 2.47. The SMILES string of the molecule is COc1ccc(Oc2ccc(-c3csc(N)n3)cc2)cc1.I. The van der Waals surface area contributed by atoms with Crippen molar-refractivity contribution in [1.29, 1.82) is 0 Å². The van der Waals surface area contributed by atoms with E-state index in [1.807, 2.05) is 53.9 Å². The van der Waals surface area contributed by atoms with E-state index < -0.39 is 0 Å². The second kappa shape index (κ2) is 7.46. The van der Waals surface area contributed by atoms with Gasteiger partial charge in [0, 0.05) is 10.9 Å². The van der Waals surface area contributed by atoms with Crippen LogP contribution < -0.4 is 15.2 Å². The smallest absolute Gasteiger partial charge is 0.180 e. The third-order valence-corrected chi connectivity index (χ3v) is 3.64. The lowest BCUT2D eigenvalue weighted by atomic mass is 10.2. The van der Waals surface area contributed by atoms with Gasteiger partial charge in [0.1, 0.15) is 17.2 Å². The molecule has 0 aliphatic rings. The number of nitrogens with zero attached hydrogens (tertiary/aromatic N) is 1. The molecule has 0 saturated heterocycles. The van der Waals surface area contributed by atoms with Crippen LogP contribution in [-0.2, 0) is 0 Å². The normalized spacial score (nSPS) is 9.86. The summed E-state index contributed by atoms with van der Waals surface area (Å²) < 4.78 is 10.9. The zero-order valence-corrected chi connectivity index (χ0v) is 15.0. The number of benzene rings is 2. The van der Waals surface area contributed by atoms with Crippen LogP contribution in [0.5, 0.6) is 17.2 Å². The Morgan fingerprint density at radius 1 is 0.909 bits per heavy atom. The van der Waals surface area contributed by atoms with Gasteiger partial charge in [-0.2, -0.15) is 0 Å². The van der Waals surface area contributed by atoms with Crippen molar-refractivity contribution in [3.05, 3.63) is 53.9 Å². The average Bonchev–Trinajstić information content (AvgIpc) is 2.95. The maximum absolute atomic E-state index is 5.78. The highest BCUT2D eigenvalue weighted by Crippen LogP contribution is 2.28. The largest absolute Gasteiger partial charge is 0.497 e. The van der Waals surface area contributed by atoms with Crippen molar-refractivity contribution in [3.63, 3.8) is 0 Å². The molecule has 22 heavy (non-hydrogen) atoms. The van der Waals surface area contributed by atoms with Crippen LogP contribution in [0, 0.1) is 0 Å². The second-order valence-electron chi connectivity index (χ2n) is 4.37. The molecule has 3 rings (SSSR count). The summed E-state index contributed by atoms with van der Waals surface area (Å²) >= 11 is 1.43. The van der Waals surface area contributed by atoms with Gasteiger partial charge in [-0.15, -0.1) is 35.3 Å². The first-order chi connectivity index (χ1) is 10.2. The maximum atomic E-state index is 5.78. The highest BCUT2D eigenvalue weighted by atomic mass is 127. The molecule has 0 bridgehead atoms. The van der Waals surface area contributed by atoms with Crippen LogP contribution in [0.3, 0.4) is 0 Å². The molecule has 0 unspecified atom stereocenters. The Kier molecular flexibility index (Phi) is 5.62. The summed E-state index contributed by atoms with van der Waals surface area (Å²) in [4.78, 5) is 4.26. The minimum atomic E-state index is 0. The van der Waals surface area contributed by atoms with Crippen molar-refractivity contribution in [3.8, 4) is 28.5 Å². The number of ether oxygens (including phenoxy) is 2. The quantitative estimate of drug-likeness (QED) is 0.609. The summed E-state index contributed by atoms with van der Waals surface area (Å²) in [6.45, 7) is 0. The molecule has 6 heteroatoms. The van der Waals surface area contributed by atoms with E-state index in [0.29, 0.717) is 5.13 Å². The predicted octanol–water partition coefficient (Wildman–Crippen LogP) is 4.81. The van der Waals surface area contributed by atoms with Crippen molar-refractivity contribution in [2.24, 2.45) is 0 Å². The lowest BCUT2D eigenvalue weighted by Gasteiger charge is -2.07. The van der Waals surface area contributed by atoms with E-state index in [2.05, 4.69) is 4.98 Å². The fourth-order valence-electron chi connectivity index (χ4n) is 1.89. The number of nitrogens with two attached hydrogens (primary N) is 1. The average molecular weight is 426 g/mol. The molecule has 0 aliphatic carbocycles. The highest BCUT2D eigenvalue weighted by Gasteiger charge is 2.03. The van der Waals surface area contributed by atoms with Gasteiger partial charge in [0.05, 0.1) is 12.8 Å². The Balaban J connectivity index is 0.00000176. The number of anilines is 1. The molecule has 0 spiro atoms. The molecular weight excluding hydrogens is 411 g/mol. The standard InChI is InChI=1S/C16H14N2O2S.HI/c1-19-12-6-8-14(9-7-12)20-13-4-2-11(3-5-13)15-10-21-16(17)18-15;/h2-10H,1H3,(H2,17,18);1H. The zero-order chi connectivity index (χ0) is 14.7. The summed E-state index contributed by atoms with van der Waals surface area (Å²) in [5.41, 5.74) is 7.55. The number of halogens is 1. The molecule has 114 valence electrons. The van der Waals surface area contributed by atoms with Crippen LogP contribution in [0.25, 0.3) is 11.3 Å². The van der Waals surface area contributed by atoms with E-state index in [0.717, 1.165) is 28.5 Å². The van der Waals surface area contributed by atoms with Crippen molar-refractivity contribution < 1.29 is 9.47 Å². The first-order valence-corrected chi connectivity index (χ1v) is 7.26. The highest BCUT2D eigenvalue weighted by molar-refractivity contribution is 14.0. The van der Waals surface area contributed by atoms with Crippen molar-refractivity contribution in [2.75, 3.05) is 12.8 Å². The Morgan fingerprint density at radius 2 is 1.45 bits per heavy atom. The molecule has 0 saturated carbocycles. The predicted molar refractivity (Wildman–Crippen MR) is 100 cm³/mol. The Hall–Kier alpha value is -1.80. The summed E-state index contributed by atoms with van der Waals surface area (Å²) in [5.74, 6) is 2.34. The number of nitrogen functional groups attached to an aromatic ring is 1. The van der Waals surface area contributed by atoms with E-state index in [1.54, 1.807) is 7.11 Å². The van der Waals surface area contributed by atoms with Gasteiger partial charge in [0.25, 0.3) is 0 Å². The Labute approximate surface area is 149 Å². The fraction of sp³-hybridized carbons (Fsp3) is 0.0625. The van der Waals surface area contributed by atoms with Gasteiger partial charge in [-0.3, -0.25) is 0 Å². The Bertz CT molecular complexity index is 727. The van der Waals surface area contributed by atoms with E-state index in [4.69, 9.17) is 15.2 Å². The van der Waals surface area contributed by atoms with Crippen LogP contribution >= 0.6 is 35.3 Å². The molecule has 0 amide bonds. The topological polar surface area (TPSA) is 57.4 Å². The number of hydrogen-bond acceptors (Lipinski definition) is 5. The van der Waals surface area contributed by atoms with Crippen LogP contribution in [0.15, 0.2) is 53.9 Å². The maximum Gasteiger partial charge on any atom is 0.180 e. The summed E-state index contributed by atoms with van der Waals surface area (Å²) in [6, 6.07) is 15.2. The number of hydrogen-bond donors (Lipinski definition) is 1. The van der Waals surface area contributed by atoms with Crippen LogP contribution in [-0.4, -0.2) is 12.1 Å². The summed E-state index contributed by atoms with van der Waals surface area (Å²) in [5, 5.41) is 2.51. The van der Waals surface area contributed by atoms with Crippen molar-refractivity contribution in [2.45, 2.75) is 0 Å². The first-order valence-electron chi connectivity index (χ1n) is 6.38. The molecule has 0 radical (unpaired) electrons. The number of aromatic nitrogens is 1. The number of methoxy groups -OCH3 is 1. The monoisotopic (exact) mass is 426 g/mol. The molecule has 2 N–H and O–H groups in total. The van der Waals surface area contributed by atoms with Gasteiger partial charge in [0.15, 0.2) is 5.13 Å². The van der Waals surface area contributed by atoms with Crippen LogP contribution in [0.2, 0.25) is 0 Å². The van der Waals surface area contributed by atoms with Crippen molar-refractivity contribution in [1.82, 2.24) is 4.98 Å². The summed E-state index contributed by atoms with van der Waals surface area (Å²) in [7, 11) is 1.64. The lowest BCUT2D eigenvalue weighted by Crippen LogP contribution is -1.86. The van der Waals surface area contributed by atoms with E-state index in [-0.39, 0.29) is 24.0 Å². The van der Waals surface area contributed by atoms with Gasteiger partial charge in [0.2, 0.25) is 0 Å². The van der Waals surface area contributed by atoms with Crippen LogP contribution in [0.1, 0.15) is 0 Å². The molecule has 1 heterocycles. The molecule has 1 aromatic heterocycles. The van der Waals surface area contributed by atoms with Gasteiger partial charge < -0.3 is 15.2 Å². The van der Waals surface area contributed by atoms with Gasteiger partial charge >= 0.3 is 0 Å². The molecule has 0 aliphatic heterocycles. The van der Waals surface area contributed by atoms with E-state index in [1.165, 1.54) is 11.3 Å². The van der Waals surface area contributed by atoms with Gasteiger partial charge in [-0.05, 0) is 48.5 Å². The molecule has 2 aromatic carbocycles. The van der Waals surface area contributed by atoms with Crippen molar-refractivity contribution >= 4 is 40.4 Å². The Morgan fingerprint density at radius 3 is 1.95 bits per heavy atom. The molecule has 0 fully saturated rings. The zero-order valence-electron chi connectivity index (χ0n) is 11.9. The molecule has 3 aromatic rings. The summed E-state index contributed by atoms with van der Waals surface area (Å²) in [6.07, 6.45) is 0. The molecule has 0 atom stereocenters. The molecule has 4 nitrogen and oxygen atoms in total. The minimum Gasteiger partial charge on any atom is -0.497 e. The lowest BCUT2D eigenvalue weighted by molar-refractivity contribution is 0.413. The van der Waals surface area contributed by atoms with E-state index >= 15 is 0 Å². The number of rotatable bonds is 4. The van der Waals surface area contributed by atoms with Gasteiger partial charge in [-0.1, -0.05) is 0 Å². The van der Waals surface area contributed by atoms with E-state index in [9.17, 15) is 0 Å².